The number of nitrogens with two attached hydrogens (primary N) is 1. The SMILES string of the molecule is CC1(CNCCN)CCOCC1. The maximum Gasteiger partial charge on any atom is 0.0471 e. The minimum atomic E-state index is 0.438. The molecule has 0 saturated carbocycles. The fourth-order valence-electron chi connectivity index (χ4n) is 1.53. The molecule has 0 unspecified atom stereocenters. The van der Waals surface area contributed by atoms with Gasteiger partial charge >= 0.3 is 0 Å². The number of hydrogen-bond acceptors (Lipinski definition) is 3. The van der Waals surface area contributed by atoms with Gasteiger partial charge in [-0.05, 0) is 18.3 Å². The van der Waals surface area contributed by atoms with E-state index < -0.39 is 0 Å². The second-order valence-electron chi connectivity index (χ2n) is 3.89. The van der Waals surface area contributed by atoms with E-state index in [1.54, 1.807) is 0 Å². The first kappa shape index (κ1) is 9.96. The van der Waals surface area contributed by atoms with Crippen LogP contribution >= 0.6 is 0 Å². The molecule has 12 heavy (non-hydrogen) atoms. The predicted molar refractivity (Wildman–Crippen MR) is 50.1 cm³/mol. The number of ether oxygens (including phenoxy) is 1. The molecule has 1 fully saturated rings. The smallest absolute Gasteiger partial charge is 0.0471 e. The molecule has 1 saturated heterocycles. The summed E-state index contributed by atoms with van der Waals surface area (Å²) in [5, 5.41) is 3.36. The average Bonchev–Trinajstić information content (AvgIpc) is 2.06. The highest BCUT2D eigenvalue weighted by Crippen LogP contribution is 2.28. The molecule has 1 aliphatic rings. The summed E-state index contributed by atoms with van der Waals surface area (Å²) < 4.78 is 5.32. The first-order valence-corrected chi connectivity index (χ1v) is 4.75. The van der Waals surface area contributed by atoms with Gasteiger partial charge in [0.2, 0.25) is 0 Å². The summed E-state index contributed by atoms with van der Waals surface area (Å²) in [5.41, 5.74) is 5.84. The molecule has 0 radical (unpaired) electrons. The zero-order valence-electron chi connectivity index (χ0n) is 7.94. The van der Waals surface area contributed by atoms with E-state index in [1.807, 2.05) is 0 Å². The maximum absolute atomic E-state index is 5.40. The normalized spacial score (nSPS) is 22.5. The first-order chi connectivity index (χ1) is 5.77. The minimum Gasteiger partial charge on any atom is -0.381 e. The van der Waals surface area contributed by atoms with Crippen molar-refractivity contribution in [2.24, 2.45) is 11.1 Å². The van der Waals surface area contributed by atoms with E-state index in [1.165, 1.54) is 12.8 Å². The van der Waals surface area contributed by atoms with Gasteiger partial charge in [-0.1, -0.05) is 6.92 Å². The van der Waals surface area contributed by atoms with Gasteiger partial charge in [0.05, 0.1) is 0 Å². The van der Waals surface area contributed by atoms with Gasteiger partial charge in [0.1, 0.15) is 0 Å². The van der Waals surface area contributed by atoms with Crippen LogP contribution in [0.4, 0.5) is 0 Å². The van der Waals surface area contributed by atoms with E-state index in [0.717, 1.165) is 32.8 Å². The van der Waals surface area contributed by atoms with Gasteiger partial charge in [-0.3, -0.25) is 0 Å². The lowest BCUT2D eigenvalue weighted by atomic mass is 9.82. The van der Waals surface area contributed by atoms with Crippen molar-refractivity contribution in [3.05, 3.63) is 0 Å². The molecular weight excluding hydrogens is 152 g/mol. The molecule has 0 aromatic heterocycles. The van der Waals surface area contributed by atoms with Crippen LogP contribution in [-0.4, -0.2) is 32.8 Å². The fourth-order valence-corrected chi connectivity index (χ4v) is 1.53. The Balaban J connectivity index is 2.17. The fraction of sp³-hybridized carbons (Fsp3) is 1.00. The molecule has 0 aromatic rings. The molecule has 3 nitrogen and oxygen atoms in total. The molecule has 0 bridgehead atoms. The minimum absolute atomic E-state index is 0.438. The van der Waals surface area contributed by atoms with Crippen molar-refractivity contribution in [3.8, 4) is 0 Å². The largest absolute Gasteiger partial charge is 0.381 e. The highest BCUT2D eigenvalue weighted by molar-refractivity contribution is 4.79. The van der Waals surface area contributed by atoms with E-state index in [9.17, 15) is 0 Å². The van der Waals surface area contributed by atoms with Crippen molar-refractivity contribution in [3.63, 3.8) is 0 Å². The summed E-state index contributed by atoms with van der Waals surface area (Å²) in [6.07, 6.45) is 2.34. The summed E-state index contributed by atoms with van der Waals surface area (Å²) in [7, 11) is 0. The van der Waals surface area contributed by atoms with Gasteiger partial charge < -0.3 is 15.8 Å². The van der Waals surface area contributed by atoms with Gasteiger partial charge in [-0.15, -0.1) is 0 Å². The molecule has 72 valence electrons. The van der Waals surface area contributed by atoms with Crippen LogP contribution in [0.15, 0.2) is 0 Å². The van der Waals surface area contributed by atoms with Crippen LogP contribution in [0.25, 0.3) is 0 Å². The van der Waals surface area contributed by atoms with Crippen LogP contribution in [0.2, 0.25) is 0 Å². The Morgan fingerprint density at radius 1 is 1.42 bits per heavy atom. The van der Waals surface area contributed by atoms with Crippen LogP contribution in [0.3, 0.4) is 0 Å². The molecule has 1 rings (SSSR count). The van der Waals surface area contributed by atoms with E-state index >= 15 is 0 Å². The first-order valence-electron chi connectivity index (χ1n) is 4.75. The van der Waals surface area contributed by atoms with E-state index in [4.69, 9.17) is 10.5 Å². The quantitative estimate of drug-likeness (QED) is 0.602. The molecule has 0 spiro atoms. The molecule has 0 aromatic carbocycles. The van der Waals surface area contributed by atoms with Gasteiger partial charge in [-0.25, -0.2) is 0 Å². The third kappa shape index (κ3) is 3.09. The monoisotopic (exact) mass is 172 g/mol. The second-order valence-corrected chi connectivity index (χ2v) is 3.89. The Labute approximate surface area is 74.7 Å². The standard InChI is InChI=1S/C9H20N2O/c1-9(8-11-5-4-10)2-6-12-7-3-9/h11H,2-8,10H2,1H3. The van der Waals surface area contributed by atoms with Crippen LogP contribution in [0.1, 0.15) is 19.8 Å². The molecular formula is C9H20N2O. The van der Waals surface area contributed by atoms with E-state index in [2.05, 4.69) is 12.2 Å². The van der Waals surface area contributed by atoms with Crippen LogP contribution in [-0.2, 0) is 4.74 Å². The highest BCUT2D eigenvalue weighted by atomic mass is 16.5. The summed E-state index contributed by atoms with van der Waals surface area (Å²) in [4.78, 5) is 0. The van der Waals surface area contributed by atoms with Crippen LogP contribution in [0.5, 0.6) is 0 Å². The average molecular weight is 172 g/mol. The third-order valence-electron chi connectivity index (χ3n) is 2.57. The van der Waals surface area contributed by atoms with Crippen molar-refractivity contribution >= 4 is 0 Å². The summed E-state index contributed by atoms with van der Waals surface area (Å²) in [6.45, 7) is 6.89. The molecule has 0 atom stereocenters. The summed E-state index contributed by atoms with van der Waals surface area (Å²) >= 11 is 0. The van der Waals surface area contributed by atoms with E-state index in [-0.39, 0.29) is 0 Å². The van der Waals surface area contributed by atoms with Gasteiger partial charge in [-0.2, -0.15) is 0 Å². The van der Waals surface area contributed by atoms with Gasteiger partial charge in [0.15, 0.2) is 0 Å². The maximum atomic E-state index is 5.40. The lowest BCUT2D eigenvalue weighted by Crippen LogP contribution is -2.38. The Hall–Kier alpha value is -0.120. The van der Waals surface area contributed by atoms with E-state index in [0.29, 0.717) is 5.41 Å². The Morgan fingerprint density at radius 2 is 2.08 bits per heavy atom. The molecule has 3 N–H and O–H groups in total. The Morgan fingerprint density at radius 3 is 2.67 bits per heavy atom. The molecule has 3 heteroatoms. The lowest BCUT2D eigenvalue weighted by molar-refractivity contribution is 0.0243. The van der Waals surface area contributed by atoms with Crippen LogP contribution in [0, 0.1) is 5.41 Å². The second kappa shape index (κ2) is 4.80. The number of nitrogens with one attached hydrogen (secondary N) is 1. The zero-order chi connectivity index (χ0) is 8.86. The lowest BCUT2D eigenvalue weighted by Gasteiger charge is -2.33. The Kier molecular flexibility index (Phi) is 3.98. The summed E-state index contributed by atoms with van der Waals surface area (Å²) in [5.74, 6) is 0. The highest BCUT2D eigenvalue weighted by Gasteiger charge is 2.26. The van der Waals surface area contributed by atoms with Crippen molar-refractivity contribution in [1.82, 2.24) is 5.32 Å². The van der Waals surface area contributed by atoms with Crippen molar-refractivity contribution in [2.75, 3.05) is 32.8 Å². The topological polar surface area (TPSA) is 47.3 Å². The van der Waals surface area contributed by atoms with Gasteiger partial charge in [0.25, 0.3) is 0 Å². The molecule has 1 aliphatic heterocycles. The van der Waals surface area contributed by atoms with Crippen molar-refractivity contribution in [1.29, 1.82) is 0 Å². The Bertz CT molecular complexity index is 122. The predicted octanol–water partition coefficient (Wildman–Crippen LogP) is 0.351. The zero-order valence-corrected chi connectivity index (χ0v) is 7.94. The van der Waals surface area contributed by atoms with Crippen LogP contribution < -0.4 is 11.1 Å². The van der Waals surface area contributed by atoms with Gasteiger partial charge in [0, 0.05) is 32.8 Å². The number of hydrogen-bond donors (Lipinski definition) is 2. The third-order valence-corrected chi connectivity index (χ3v) is 2.57. The molecule has 1 heterocycles. The number of rotatable bonds is 4. The summed E-state index contributed by atoms with van der Waals surface area (Å²) in [6, 6.07) is 0. The molecule has 0 amide bonds. The molecule has 0 aliphatic carbocycles. The van der Waals surface area contributed by atoms with Crippen molar-refractivity contribution in [2.45, 2.75) is 19.8 Å². The van der Waals surface area contributed by atoms with Crippen molar-refractivity contribution < 1.29 is 4.74 Å².